The minimum Gasteiger partial charge on any atom is -0.385 e. The van der Waals surface area contributed by atoms with Crippen molar-refractivity contribution < 1.29 is 4.79 Å². The first-order chi connectivity index (χ1) is 9.15. The number of carbonyl (C=O) groups is 1. The first kappa shape index (κ1) is 13.9. The van der Waals surface area contributed by atoms with Crippen molar-refractivity contribution in [2.45, 2.75) is 33.6 Å². The van der Waals surface area contributed by atoms with Crippen LogP contribution in [0.15, 0.2) is 18.2 Å². The number of likely N-dealkylation sites (tertiary alicyclic amines) is 1. The zero-order valence-corrected chi connectivity index (χ0v) is 12.2. The van der Waals surface area contributed by atoms with Crippen LogP contribution in [0.25, 0.3) is 0 Å². The van der Waals surface area contributed by atoms with E-state index in [1.165, 1.54) is 6.42 Å². The summed E-state index contributed by atoms with van der Waals surface area (Å²) < 4.78 is 0. The summed E-state index contributed by atoms with van der Waals surface area (Å²) in [6.07, 6.45) is 2.32. The SMILES string of the molecule is CCNc1ccc(C(=O)N2CCC(CC)C2)c(C)c1. The van der Waals surface area contributed by atoms with Gasteiger partial charge in [0, 0.05) is 30.9 Å². The van der Waals surface area contributed by atoms with Crippen LogP contribution in [0.1, 0.15) is 42.6 Å². The molecule has 0 saturated carbocycles. The Bertz CT molecular complexity index is 456. The minimum absolute atomic E-state index is 0.191. The third kappa shape index (κ3) is 3.09. The molecule has 1 aliphatic heterocycles. The molecular formula is C16H24N2O. The second kappa shape index (κ2) is 6.09. The summed E-state index contributed by atoms with van der Waals surface area (Å²) in [5.41, 5.74) is 2.99. The molecule has 1 aliphatic rings. The maximum absolute atomic E-state index is 12.5. The van der Waals surface area contributed by atoms with E-state index < -0.39 is 0 Å². The van der Waals surface area contributed by atoms with Crippen LogP contribution < -0.4 is 5.32 Å². The van der Waals surface area contributed by atoms with Crippen LogP contribution in [-0.2, 0) is 0 Å². The zero-order chi connectivity index (χ0) is 13.8. The van der Waals surface area contributed by atoms with E-state index >= 15 is 0 Å². The average molecular weight is 260 g/mol. The molecule has 1 heterocycles. The Labute approximate surface area is 116 Å². The van der Waals surface area contributed by atoms with Gasteiger partial charge in [-0.2, -0.15) is 0 Å². The van der Waals surface area contributed by atoms with E-state index in [9.17, 15) is 4.79 Å². The van der Waals surface area contributed by atoms with Gasteiger partial charge in [0.1, 0.15) is 0 Å². The molecule has 0 radical (unpaired) electrons. The molecule has 3 nitrogen and oxygen atoms in total. The number of carbonyl (C=O) groups excluding carboxylic acids is 1. The molecule has 1 atom stereocenters. The van der Waals surface area contributed by atoms with E-state index in [0.29, 0.717) is 5.92 Å². The molecule has 1 saturated heterocycles. The van der Waals surface area contributed by atoms with Crippen molar-refractivity contribution in [1.29, 1.82) is 0 Å². The molecule has 0 aromatic heterocycles. The van der Waals surface area contributed by atoms with Crippen LogP contribution in [0.3, 0.4) is 0 Å². The summed E-state index contributed by atoms with van der Waals surface area (Å²) in [7, 11) is 0. The normalized spacial score (nSPS) is 18.7. The molecule has 0 aliphatic carbocycles. The predicted octanol–water partition coefficient (Wildman–Crippen LogP) is 3.30. The summed E-state index contributed by atoms with van der Waals surface area (Å²) in [4.78, 5) is 14.5. The summed E-state index contributed by atoms with van der Waals surface area (Å²) in [6, 6.07) is 6.01. The van der Waals surface area contributed by atoms with Crippen LogP contribution in [0.4, 0.5) is 5.69 Å². The van der Waals surface area contributed by atoms with Crippen LogP contribution in [0.5, 0.6) is 0 Å². The second-order valence-corrected chi connectivity index (χ2v) is 5.37. The standard InChI is InChI=1S/C16H24N2O/c1-4-13-8-9-18(11-13)16(19)15-7-6-14(17-5-2)10-12(15)3/h6-7,10,13,17H,4-5,8-9,11H2,1-3H3. The summed E-state index contributed by atoms with van der Waals surface area (Å²) in [5, 5.41) is 3.28. The lowest BCUT2D eigenvalue weighted by Crippen LogP contribution is -2.29. The highest BCUT2D eigenvalue weighted by Crippen LogP contribution is 2.23. The Kier molecular flexibility index (Phi) is 4.46. The van der Waals surface area contributed by atoms with Gasteiger partial charge < -0.3 is 10.2 Å². The fraction of sp³-hybridized carbons (Fsp3) is 0.562. The van der Waals surface area contributed by atoms with E-state index in [4.69, 9.17) is 0 Å². The van der Waals surface area contributed by atoms with E-state index in [1.807, 2.05) is 24.0 Å². The number of anilines is 1. The van der Waals surface area contributed by atoms with Gasteiger partial charge in [-0.05, 0) is 49.9 Å². The van der Waals surface area contributed by atoms with Gasteiger partial charge in [-0.1, -0.05) is 13.3 Å². The minimum atomic E-state index is 0.191. The molecule has 2 rings (SSSR count). The summed E-state index contributed by atoms with van der Waals surface area (Å²) >= 11 is 0. The molecule has 3 heteroatoms. The van der Waals surface area contributed by atoms with Crippen molar-refractivity contribution in [3.63, 3.8) is 0 Å². The predicted molar refractivity (Wildman–Crippen MR) is 79.6 cm³/mol. The monoisotopic (exact) mass is 260 g/mol. The summed E-state index contributed by atoms with van der Waals surface area (Å²) in [5.74, 6) is 0.877. The molecule has 1 amide bonds. The first-order valence-electron chi connectivity index (χ1n) is 7.29. The Balaban J connectivity index is 2.11. The lowest BCUT2D eigenvalue weighted by molar-refractivity contribution is 0.0786. The number of nitrogens with zero attached hydrogens (tertiary/aromatic N) is 1. The molecule has 1 aromatic rings. The van der Waals surface area contributed by atoms with E-state index in [1.54, 1.807) is 0 Å². The van der Waals surface area contributed by atoms with Crippen molar-refractivity contribution in [1.82, 2.24) is 4.90 Å². The second-order valence-electron chi connectivity index (χ2n) is 5.37. The van der Waals surface area contributed by atoms with Gasteiger partial charge in [0.25, 0.3) is 5.91 Å². The Morgan fingerprint density at radius 2 is 2.21 bits per heavy atom. The summed E-state index contributed by atoms with van der Waals surface area (Å²) in [6.45, 7) is 9.02. The Hall–Kier alpha value is -1.51. The molecule has 104 valence electrons. The van der Waals surface area contributed by atoms with Crippen molar-refractivity contribution in [2.75, 3.05) is 25.0 Å². The first-order valence-corrected chi connectivity index (χ1v) is 7.29. The molecule has 1 fully saturated rings. The lowest BCUT2D eigenvalue weighted by atomic mass is 10.1. The average Bonchev–Trinajstić information content (AvgIpc) is 2.87. The molecule has 1 unspecified atom stereocenters. The topological polar surface area (TPSA) is 32.3 Å². The molecule has 0 spiro atoms. The van der Waals surface area contributed by atoms with Gasteiger partial charge in [0.05, 0.1) is 0 Å². The fourth-order valence-corrected chi connectivity index (χ4v) is 2.74. The Morgan fingerprint density at radius 1 is 1.42 bits per heavy atom. The number of nitrogens with one attached hydrogen (secondary N) is 1. The molecule has 1 N–H and O–H groups in total. The van der Waals surface area contributed by atoms with Crippen LogP contribution in [0, 0.1) is 12.8 Å². The van der Waals surface area contributed by atoms with Gasteiger partial charge >= 0.3 is 0 Å². The zero-order valence-electron chi connectivity index (χ0n) is 12.2. The van der Waals surface area contributed by atoms with Crippen LogP contribution in [0.2, 0.25) is 0 Å². The van der Waals surface area contributed by atoms with Crippen molar-refractivity contribution in [3.8, 4) is 0 Å². The number of hydrogen-bond acceptors (Lipinski definition) is 2. The van der Waals surface area contributed by atoms with Gasteiger partial charge in [0.15, 0.2) is 0 Å². The van der Waals surface area contributed by atoms with E-state index in [2.05, 4.69) is 25.2 Å². The number of amides is 1. The number of aryl methyl sites for hydroxylation is 1. The maximum Gasteiger partial charge on any atom is 0.254 e. The van der Waals surface area contributed by atoms with E-state index in [-0.39, 0.29) is 5.91 Å². The van der Waals surface area contributed by atoms with Gasteiger partial charge in [-0.3, -0.25) is 4.79 Å². The molecule has 0 bridgehead atoms. The highest BCUT2D eigenvalue weighted by molar-refractivity contribution is 5.96. The van der Waals surface area contributed by atoms with Gasteiger partial charge in [-0.25, -0.2) is 0 Å². The van der Waals surface area contributed by atoms with Crippen molar-refractivity contribution >= 4 is 11.6 Å². The van der Waals surface area contributed by atoms with Gasteiger partial charge in [-0.15, -0.1) is 0 Å². The smallest absolute Gasteiger partial charge is 0.254 e. The highest BCUT2D eigenvalue weighted by atomic mass is 16.2. The maximum atomic E-state index is 12.5. The van der Waals surface area contributed by atoms with Crippen molar-refractivity contribution in [2.24, 2.45) is 5.92 Å². The quantitative estimate of drug-likeness (QED) is 0.901. The molecule has 1 aromatic carbocycles. The van der Waals surface area contributed by atoms with E-state index in [0.717, 1.165) is 42.9 Å². The van der Waals surface area contributed by atoms with Gasteiger partial charge in [0.2, 0.25) is 0 Å². The lowest BCUT2D eigenvalue weighted by Gasteiger charge is -2.18. The number of rotatable bonds is 4. The highest BCUT2D eigenvalue weighted by Gasteiger charge is 2.26. The molecular weight excluding hydrogens is 236 g/mol. The van der Waals surface area contributed by atoms with Crippen LogP contribution >= 0.6 is 0 Å². The third-order valence-corrected chi connectivity index (χ3v) is 3.99. The van der Waals surface area contributed by atoms with Crippen molar-refractivity contribution in [3.05, 3.63) is 29.3 Å². The molecule has 19 heavy (non-hydrogen) atoms. The van der Waals surface area contributed by atoms with Crippen LogP contribution in [-0.4, -0.2) is 30.4 Å². The number of benzene rings is 1. The number of hydrogen-bond donors (Lipinski definition) is 1. The Morgan fingerprint density at radius 3 is 2.79 bits per heavy atom. The third-order valence-electron chi connectivity index (χ3n) is 3.99. The fourth-order valence-electron chi connectivity index (χ4n) is 2.74. The largest absolute Gasteiger partial charge is 0.385 e.